The minimum absolute atomic E-state index is 0.239. The van der Waals surface area contributed by atoms with Crippen molar-refractivity contribution < 1.29 is 13.6 Å². The number of carbonyl (C=O) groups is 1. The molecule has 1 aliphatic rings. The summed E-state index contributed by atoms with van der Waals surface area (Å²) in [4.78, 5) is 12.2. The molecule has 0 spiro atoms. The van der Waals surface area contributed by atoms with E-state index in [0.29, 0.717) is 11.4 Å². The Morgan fingerprint density at radius 1 is 1.29 bits per heavy atom. The third kappa shape index (κ3) is 2.78. The molecule has 21 heavy (non-hydrogen) atoms. The number of nitrogen functional groups attached to an aromatic ring is 1. The van der Waals surface area contributed by atoms with Gasteiger partial charge in [-0.1, -0.05) is 15.9 Å². The monoisotopic (exact) mass is 355 g/mol. The van der Waals surface area contributed by atoms with Gasteiger partial charge >= 0.3 is 0 Å². The summed E-state index contributed by atoms with van der Waals surface area (Å²) >= 11 is 2.99. The van der Waals surface area contributed by atoms with E-state index in [9.17, 15) is 13.6 Å². The zero-order valence-electron chi connectivity index (χ0n) is 10.9. The number of aromatic nitrogens is 1. The lowest BCUT2D eigenvalue weighted by atomic mass is 10.2. The first-order valence-electron chi connectivity index (χ1n) is 6.39. The van der Waals surface area contributed by atoms with Crippen LogP contribution in [0.5, 0.6) is 0 Å². The molecule has 1 aromatic heterocycles. The summed E-state index contributed by atoms with van der Waals surface area (Å²) in [7, 11) is 0. The predicted molar refractivity (Wildman–Crippen MR) is 79.1 cm³/mol. The summed E-state index contributed by atoms with van der Waals surface area (Å²) < 4.78 is 29.5. The number of hydrogen-bond donors (Lipinski definition) is 2. The van der Waals surface area contributed by atoms with E-state index in [-0.39, 0.29) is 10.5 Å². The molecule has 4 nitrogen and oxygen atoms in total. The summed E-state index contributed by atoms with van der Waals surface area (Å²) in [5.41, 5.74) is 5.98. The van der Waals surface area contributed by atoms with Crippen molar-refractivity contribution in [3.05, 3.63) is 46.2 Å². The molecule has 1 saturated carbocycles. The standard InChI is InChI=1S/C14H12BrF2N3O/c15-7-3-10(16)13(11(17)4-7)19-14(21)12-5-8(18)6-20(12)9-1-2-9/h3-6,9H,1-2,18H2,(H,19,21). The van der Waals surface area contributed by atoms with Gasteiger partial charge < -0.3 is 15.6 Å². The lowest BCUT2D eigenvalue weighted by molar-refractivity contribution is 0.101. The highest BCUT2D eigenvalue weighted by Crippen LogP contribution is 2.37. The van der Waals surface area contributed by atoms with Gasteiger partial charge in [0.2, 0.25) is 0 Å². The van der Waals surface area contributed by atoms with Crippen molar-refractivity contribution in [2.24, 2.45) is 0 Å². The Hall–Kier alpha value is -1.89. The summed E-state index contributed by atoms with van der Waals surface area (Å²) in [5, 5.41) is 2.27. The van der Waals surface area contributed by atoms with Crippen molar-refractivity contribution in [3.8, 4) is 0 Å². The van der Waals surface area contributed by atoms with Gasteiger partial charge in [0.1, 0.15) is 11.4 Å². The first-order chi connectivity index (χ1) is 9.95. The van der Waals surface area contributed by atoms with Crippen LogP contribution in [0.25, 0.3) is 0 Å². The van der Waals surface area contributed by atoms with Crippen LogP contribution in [-0.2, 0) is 0 Å². The summed E-state index contributed by atoms with van der Waals surface area (Å²) in [5.74, 6) is -2.26. The maximum atomic E-state index is 13.7. The number of nitrogens with zero attached hydrogens (tertiary/aromatic N) is 1. The Morgan fingerprint density at radius 3 is 2.48 bits per heavy atom. The first kappa shape index (κ1) is 14.1. The van der Waals surface area contributed by atoms with Crippen LogP contribution >= 0.6 is 15.9 Å². The van der Waals surface area contributed by atoms with Crippen LogP contribution in [0.2, 0.25) is 0 Å². The van der Waals surface area contributed by atoms with Crippen molar-refractivity contribution >= 4 is 33.2 Å². The van der Waals surface area contributed by atoms with Crippen LogP contribution in [0.1, 0.15) is 29.4 Å². The molecule has 0 bridgehead atoms. The van der Waals surface area contributed by atoms with Crippen molar-refractivity contribution in [3.63, 3.8) is 0 Å². The minimum atomic E-state index is -0.840. The number of benzene rings is 1. The van der Waals surface area contributed by atoms with Crippen LogP contribution in [0.4, 0.5) is 20.2 Å². The average Bonchev–Trinajstić information content (AvgIpc) is 3.16. The molecule has 0 radical (unpaired) electrons. The highest BCUT2D eigenvalue weighted by Gasteiger charge is 2.28. The number of nitrogens with two attached hydrogens (primary N) is 1. The van der Waals surface area contributed by atoms with Gasteiger partial charge in [-0.15, -0.1) is 0 Å². The van der Waals surface area contributed by atoms with E-state index in [1.165, 1.54) is 6.07 Å². The van der Waals surface area contributed by atoms with E-state index < -0.39 is 23.2 Å². The number of halogens is 3. The molecule has 0 saturated heterocycles. The maximum Gasteiger partial charge on any atom is 0.272 e. The second kappa shape index (κ2) is 5.14. The second-order valence-corrected chi connectivity index (χ2v) is 5.91. The van der Waals surface area contributed by atoms with E-state index >= 15 is 0 Å². The third-order valence-corrected chi connectivity index (χ3v) is 3.75. The van der Waals surface area contributed by atoms with Gasteiger partial charge in [0.25, 0.3) is 5.91 Å². The molecule has 2 aromatic rings. The molecular weight excluding hydrogens is 344 g/mol. The molecule has 1 amide bonds. The number of rotatable bonds is 3. The van der Waals surface area contributed by atoms with Crippen LogP contribution < -0.4 is 11.1 Å². The fourth-order valence-corrected chi connectivity index (χ4v) is 2.58. The van der Waals surface area contributed by atoms with Crippen LogP contribution in [0, 0.1) is 11.6 Å². The fourth-order valence-electron chi connectivity index (χ4n) is 2.18. The molecule has 1 aliphatic carbocycles. The Kier molecular flexibility index (Phi) is 3.44. The number of carbonyl (C=O) groups excluding carboxylic acids is 1. The van der Waals surface area contributed by atoms with E-state index in [0.717, 1.165) is 25.0 Å². The molecular formula is C14H12BrF2N3O. The third-order valence-electron chi connectivity index (χ3n) is 3.29. The van der Waals surface area contributed by atoms with Gasteiger partial charge in [0, 0.05) is 16.7 Å². The van der Waals surface area contributed by atoms with E-state index in [1.807, 2.05) is 0 Å². The van der Waals surface area contributed by atoms with Gasteiger partial charge in [-0.3, -0.25) is 4.79 Å². The lowest BCUT2D eigenvalue weighted by Gasteiger charge is -2.10. The lowest BCUT2D eigenvalue weighted by Crippen LogP contribution is -2.18. The first-order valence-corrected chi connectivity index (χ1v) is 7.18. The number of amides is 1. The molecule has 1 aromatic carbocycles. The van der Waals surface area contributed by atoms with Gasteiger partial charge in [0.05, 0.1) is 5.69 Å². The highest BCUT2D eigenvalue weighted by atomic mass is 79.9. The second-order valence-electron chi connectivity index (χ2n) is 5.00. The smallest absolute Gasteiger partial charge is 0.272 e. The van der Waals surface area contributed by atoms with Gasteiger partial charge in [0.15, 0.2) is 11.6 Å². The van der Waals surface area contributed by atoms with E-state index in [4.69, 9.17) is 5.73 Å². The van der Waals surface area contributed by atoms with Crippen molar-refractivity contribution in [2.75, 3.05) is 11.1 Å². The Balaban J connectivity index is 1.90. The topological polar surface area (TPSA) is 60.1 Å². The van der Waals surface area contributed by atoms with Crippen LogP contribution in [0.3, 0.4) is 0 Å². The molecule has 1 fully saturated rings. The molecule has 0 atom stereocenters. The normalized spacial score (nSPS) is 14.2. The summed E-state index contributed by atoms with van der Waals surface area (Å²) in [6.45, 7) is 0. The van der Waals surface area contributed by atoms with E-state index in [1.54, 1.807) is 10.8 Å². The van der Waals surface area contributed by atoms with Crippen LogP contribution in [0.15, 0.2) is 28.9 Å². The minimum Gasteiger partial charge on any atom is -0.397 e. The van der Waals surface area contributed by atoms with Crippen molar-refractivity contribution in [1.82, 2.24) is 4.57 Å². The predicted octanol–water partition coefficient (Wildman–Crippen LogP) is 3.70. The van der Waals surface area contributed by atoms with Gasteiger partial charge in [-0.2, -0.15) is 0 Å². The molecule has 110 valence electrons. The average molecular weight is 356 g/mol. The summed E-state index contributed by atoms with van der Waals surface area (Å²) in [6, 6.07) is 3.92. The Morgan fingerprint density at radius 2 is 1.90 bits per heavy atom. The van der Waals surface area contributed by atoms with Crippen molar-refractivity contribution in [1.29, 1.82) is 0 Å². The quantitative estimate of drug-likeness (QED) is 0.881. The Bertz CT molecular complexity index is 702. The summed E-state index contributed by atoms with van der Waals surface area (Å²) in [6.07, 6.45) is 3.60. The molecule has 1 heterocycles. The van der Waals surface area contributed by atoms with E-state index in [2.05, 4.69) is 21.2 Å². The number of nitrogens with one attached hydrogen (secondary N) is 1. The van der Waals surface area contributed by atoms with Gasteiger partial charge in [-0.05, 0) is 31.0 Å². The molecule has 3 rings (SSSR count). The highest BCUT2D eigenvalue weighted by molar-refractivity contribution is 9.10. The zero-order chi connectivity index (χ0) is 15.1. The maximum absolute atomic E-state index is 13.7. The SMILES string of the molecule is Nc1cc(C(=O)Nc2c(F)cc(Br)cc2F)n(C2CC2)c1. The van der Waals surface area contributed by atoms with Crippen molar-refractivity contribution in [2.45, 2.75) is 18.9 Å². The molecule has 3 N–H and O–H groups in total. The fraction of sp³-hybridized carbons (Fsp3) is 0.214. The largest absolute Gasteiger partial charge is 0.397 e. The number of anilines is 2. The molecule has 0 aliphatic heterocycles. The van der Waals surface area contributed by atoms with Gasteiger partial charge in [-0.25, -0.2) is 8.78 Å². The Labute approximate surface area is 128 Å². The van der Waals surface area contributed by atoms with Crippen LogP contribution in [-0.4, -0.2) is 10.5 Å². The molecule has 7 heteroatoms. The zero-order valence-corrected chi connectivity index (χ0v) is 12.5. The number of hydrogen-bond acceptors (Lipinski definition) is 2. The molecule has 0 unspecified atom stereocenters.